The summed E-state index contributed by atoms with van der Waals surface area (Å²) in [6.45, 7) is 7.96. The normalized spacial score (nSPS) is 13.2. The maximum Gasteiger partial charge on any atom is 0.261 e. The number of hydrogen-bond acceptors (Lipinski definition) is 2. The lowest BCUT2D eigenvalue weighted by Crippen LogP contribution is -2.38. The zero-order valence-electron chi connectivity index (χ0n) is 14.6. The van der Waals surface area contributed by atoms with Crippen LogP contribution in [-0.2, 0) is 4.79 Å². The summed E-state index contributed by atoms with van der Waals surface area (Å²) in [5.41, 5.74) is 3.59. The van der Waals surface area contributed by atoms with Crippen LogP contribution in [0.1, 0.15) is 43.0 Å². The average molecular weight is 346 g/mol. The molecular weight excluding hydrogens is 322 g/mol. The molecule has 0 fully saturated rings. The van der Waals surface area contributed by atoms with Crippen molar-refractivity contribution in [2.75, 3.05) is 0 Å². The van der Waals surface area contributed by atoms with E-state index in [1.165, 1.54) is 11.1 Å². The zero-order chi connectivity index (χ0) is 17.7. The fraction of sp³-hybridized carbons (Fsp3) is 0.350. The van der Waals surface area contributed by atoms with Gasteiger partial charge in [-0.1, -0.05) is 42.8 Å². The molecule has 0 heterocycles. The van der Waals surface area contributed by atoms with E-state index in [9.17, 15) is 4.79 Å². The number of hydrogen-bond donors (Lipinski definition) is 1. The molecule has 0 aliphatic heterocycles. The number of carbonyl (C=O) groups excluding carboxylic acids is 1. The highest BCUT2D eigenvalue weighted by Crippen LogP contribution is 2.21. The van der Waals surface area contributed by atoms with Crippen LogP contribution < -0.4 is 10.1 Å². The molecule has 3 nitrogen and oxygen atoms in total. The van der Waals surface area contributed by atoms with Crippen molar-refractivity contribution < 1.29 is 9.53 Å². The van der Waals surface area contributed by atoms with Crippen LogP contribution in [0.3, 0.4) is 0 Å². The predicted octanol–water partition coefficient (Wildman–Crippen LogP) is 4.99. The number of amides is 1. The second-order valence-electron chi connectivity index (χ2n) is 6.03. The molecule has 0 aromatic heterocycles. The topological polar surface area (TPSA) is 38.3 Å². The van der Waals surface area contributed by atoms with Gasteiger partial charge in [-0.3, -0.25) is 4.79 Å². The van der Waals surface area contributed by atoms with E-state index in [4.69, 9.17) is 16.3 Å². The van der Waals surface area contributed by atoms with E-state index in [-0.39, 0.29) is 11.9 Å². The van der Waals surface area contributed by atoms with Crippen molar-refractivity contribution >= 4 is 17.5 Å². The molecule has 2 atom stereocenters. The van der Waals surface area contributed by atoms with Crippen LogP contribution in [0.4, 0.5) is 0 Å². The first kappa shape index (κ1) is 18.3. The van der Waals surface area contributed by atoms with Gasteiger partial charge in [0.15, 0.2) is 6.10 Å². The minimum atomic E-state index is -0.593. The van der Waals surface area contributed by atoms with Gasteiger partial charge in [-0.25, -0.2) is 0 Å². The van der Waals surface area contributed by atoms with Crippen molar-refractivity contribution in [3.63, 3.8) is 0 Å². The highest BCUT2D eigenvalue weighted by atomic mass is 35.5. The highest BCUT2D eigenvalue weighted by Gasteiger charge is 2.19. The van der Waals surface area contributed by atoms with E-state index in [1.807, 2.05) is 0 Å². The third-order valence-corrected chi connectivity index (χ3v) is 4.37. The summed E-state index contributed by atoms with van der Waals surface area (Å²) in [6, 6.07) is 13.3. The molecule has 128 valence electrons. The summed E-state index contributed by atoms with van der Waals surface area (Å²) in [5.74, 6) is 0.449. The molecule has 0 saturated carbocycles. The van der Waals surface area contributed by atoms with Crippen LogP contribution in [0.15, 0.2) is 42.5 Å². The van der Waals surface area contributed by atoms with Crippen LogP contribution in [-0.4, -0.2) is 12.0 Å². The number of halogens is 1. The molecule has 0 bridgehead atoms. The zero-order valence-corrected chi connectivity index (χ0v) is 15.4. The molecule has 0 aliphatic rings. The quantitative estimate of drug-likeness (QED) is 0.800. The fourth-order valence-electron chi connectivity index (χ4n) is 2.49. The second-order valence-corrected chi connectivity index (χ2v) is 6.47. The summed E-state index contributed by atoms with van der Waals surface area (Å²) >= 11 is 5.94. The number of rotatable bonds is 6. The lowest BCUT2D eigenvalue weighted by molar-refractivity contribution is -0.128. The molecule has 1 amide bonds. The summed E-state index contributed by atoms with van der Waals surface area (Å²) in [4.78, 5) is 12.5. The van der Waals surface area contributed by atoms with E-state index in [1.54, 1.807) is 31.2 Å². The van der Waals surface area contributed by atoms with Crippen molar-refractivity contribution in [3.05, 3.63) is 64.2 Å². The van der Waals surface area contributed by atoms with Gasteiger partial charge in [0.1, 0.15) is 5.75 Å². The third kappa shape index (κ3) is 4.75. The summed E-state index contributed by atoms with van der Waals surface area (Å²) < 4.78 is 5.68. The van der Waals surface area contributed by atoms with Gasteiger partial charge in [-0.05, 0) is 62.1 Å². The minimum Gasteiger partial charge on any atom is -0.481 e. The van der Waals surface area contributed by atoms with Crippen LogP contribution in [0, 0.1) is 13.8 Å². The van der Waals surface area contributed by atoms with Crippen LogP contribution in [0.25, 0.3) is 0 Å². The van der Waals surface area contributed by atoms with Gasteiger partial charge in [0.05, 0.1) is 6.04 Å². The van der Waals surface area contributed by atoms with E-state index in [2.05, 4.69) is 44.3 Å². The molecule has 0 aliphatic carbocycles. The molecule has 2 aromatic rings. The Bertz CT molecular complexity index is 715. The number of aryl methyl sites for hydroxylation is 2. The van der Waals surface area contributed by atoms with E-state index >= 15 is 0 Å². The molecule has 2 aromatic carbocycles. The number of ether oxygens (including phenoxy) is 1. The van der Waals surface area contributed by atoms with Gasteiger partial charge in [0.25, 0.3) is 5.91 Å². The Balaban J connectivity index is 2.04. The Morgan fingerprint density at radius 3 is 2.54 bits per heavy atom. The van der Waals surface area contributed by atoms with E-state index in [0.29, 0.717) is 10.8 Å². The smallest absolute Gasteiger partial charge is 0.261 e. The molecule has 2 unspecified atom stereocenters. The SMILES string of the molecule is CCC(NC(=O)C(C)Oc1cccc(Cl)c1)c1ccc(C)c(C)c1. The van der Waals surface area contributed by atoms with Crippen molar-refractivity contribution in [1.29, 1.82) is 0 Å². The maximum absolute atomic E-state index is 12.5. The first-order chi connectivity index (χ1) is 11.4. The third-order valence-electron chi connectivity index (χ3n) is 4.14. The van der Waals surface area contributed by atoms with E-state index < -0.39 is 6.10 Å². The molecule has 1 N–H and O–H groups in total. The highest BCUT2D eigenvalue weighted by molar-refractivity contribution is 6.30. The first-order valence-corrected chi connectivity index (χ1v) is 8.58. The van der Waals surface area contributed by atoms with Gasteiger partial charge in [-0.2, -0.15) is 0 Å². The molecule has 0 radical (unpaired) electrons. The largest absolute Gasteiger partial charge is 0.481 e. The minimum absolute atomic E-state index is 0.0257. The Labute approximate surface area is 149 Å². The molecule has 4 heteroatoms. The van der Waals surface area contributed by atoms with Gasteiger partial charge in [0, 0.05) is 5.02 Å². The number of benzene rings is 2. The molecule has 0 saturated heterocycles. The van der Waals surface area contributed by atoms with Gasteiger partial charge in [-0.15, -0.1) is 0 Å². The van der Waals surface area contributed by atoms with Crippen LogP contribution in [0.2, 0.25) is 5.02 Å². The second kappa shape index (κ2) is 8.20. The predicted molar refractivity (Wildman–Crippen MR) is 98.6 cm³/mol. The Kier molecular flexibility index (Phi) is 6.27. The average Bonchev–Trinajstić information content (AvgIpc) is 2.55. The molecule has 2 rings (SSSR count). The lowest BCUT2D eigenvalue weighted by atomic mass is 9.99. The van der Waals surface area contributed by atoms with Crippen LogP contribution in [0.5, 0.6) is 5.75 Å². The summed E-state index contributed by atoms with van der Waals surface area (Å²) in [7, 11) is 0. The first-order valence-electron chi connectivity index (χ1n) is 8.20. The Morgan fingerprint density at radius 1 is 1.17 bits per heavy atom. The number of carbonyl (C=O) groups is 1. The van der Waals surface area contributed by atoms with Crippen LogP contribution >= 0.6 is 11.6 Å². The van der Waals surface area contributed by atoms with Gasteiger partial charge < -0.3 is 10.1 Å². The number of nitrogens with one attached hydrogen (secondary N) is 1. The van der Waals surface area contributed by atoms with Gasteiger partial charge >= 0.3 is 0 Å². The maximum atomic E-state index is 12.5. The molecule has 0 spiro atoms. The van der Waals surface area contributed by atoms with Crippen molar-refractivity contribution in [2.24, 2.45) is 0 Å². The van der Waals surface area contributed by atoms with Crippen molar-refractivity contribution in [1.82, 2.24) is 5.32 Å². The molecule has 24 heavy (non-hydrogen) atoms. The van der Waals surface area contributed by atoms with E-state index in [0.717, 1.165) is 12.0 Å². The standard InChI is InChI=1S/C20H24ClNO2/c1-5-19(16-10-9-13(2)14(3)11-16)22-20(23)15(4)24-18-8-6-7-17(21)12-18/h6-12,15,19H,5H2,1-4H3,(H,22,23). The summed E-state index contributed by atoms with van der Waals surface area (Å²) in [5, 5.41) is 3.65. The van der Waals surface area contributed by atoms with Crippen molar-refractivity contribution in [3.8, 4) is 5.75 Å². The lowest BCUT2D eigenvalue weighted by Gasteiger charge is -2.21. The summed E-state index contributed by atoms with van der Waals surface area (Å²) in [6.07, 6.45) is 0.224. The Hall–Kier alpha value is -2.00. The van der Waals surface area contributed by atoms with Crippen molar-refractivity contribution in [2.45, 2.75) is 46.3 Å². The molecular formula is C20H24ClNO2. The fourth-order valence-corrected chi connectivity index (χ4v) is 2.67. The monoisotopic (exact) mass is 345 g/mol. The Morgan fingerprint density at radius 2 is 1.92 bits per heavy atom. The van der Waals surface area contributed by atoms with Gasteiger partial charge in [0.2, 0.25) is 0 Å².